The first-order valence-electron chi connectivity index (χ1n) is 7.03. The van der Waals surface area contributed by atoms with Crippen LogP contribution in [0.4, 0.5) is 5.13 Å². The highest BCUT2D eigenvalue weighted by molar-refractivity contribution is 7.15. The number of nitrogens with zero attached hydrogens (tertiary/aromatic N) is 1. The summed E-state index contributed by atoms with van der Waals surface area (Å²) in [6.45, 7) is 5.94. The second-order valence-electron chi connectivity index (χ2n) is 5.46. The summed E-state index contributed by atoms with van der Waals surface area (Å²) in [5.74, 6) is -0.754. The molecule has 0 radical (unpaired) electrons. The van der Waals surface area contributed by atoms with Gasteiger partial charge in [-0.25, -0.2) is 4.98 Å². The maximum atomic E-state index is 11.9. The summed E-state index contributed by atoms with van der Waals surface area (Å²) in [6.07, 6.45) is 4.38. The van der Waals surface area contributed by atoms with Crippen LogP contribution >= 0.6 is 11.3 Å². The molecule has 0 aromatic carbocycles. The van der Waals surface area contributed by atoms with Gasteiger partial charge in [0.1, 0.15) is 0 Å². The van der Waals surface area contributed by atoms with E-state index in [-0.39, 0.29) is 6.04 Å². The molecule has 0 spiro atoms. The monoisotopic (exact) mass is 295 g/mol. The van der Waals surface area contributed by atoms with E-state index < -0.39 is 11.8 Å². The second kappa shape index (κ2) is 6.35. The summed E-state index contributed by atoms with van der Waals surface area (Å²) >= 11 is 1.38. The molecule has 20 heavy (non-hydrogen) atoms. The Labute approximate surface area is 123 Å². The smallest absolute Gasteiger partial charge is 0.315 e. The van der Waals surface area contributed by atoms with Gasteiger partial charge in [0.15, 0.2) is 5.13 Å². The number of rotatable bonds is 2. The Kier molecular flexibility index (Phi) is 4.75. The van der Waals surface area contributed by atoms with Crippen molar-refractivity contribution in [2.75, 3.05) is 5.32 Å². The lowest BCUT2D eigenvalue weighted by Gasteiger charge is -2.29. The number of amides is 2. The molecule has 1 aromatic rings. The number of aromatic nitrogens is 1. The van der Waals surface area contributed by atoms with Crippen LogP contribution in [0.5, 0.6) is 0 Å². The molecule has 6 heteroatoms. The van der Waals surface area contributed by atoms with Crippen LogP contribution in [0.25, 0.3) is 0 Å². The first kappa shape index (κ1) is 15.0. The molecule has 2 amide bonds. The van der Waals surface area contributed by atoms with Crippen molar-refractivity contribution >= 4 is 28.3 Å². The van der Waals surface area contributed by atoms with E-state index in [0.29, 0.717) is 11.0 Å². The van der Waals surface area contributed by atoms with Gasteiger partial charge in [-0.15, -0.1) is 11.3 Å². The largest absolute Gasteiger partial charge is 0.345 e. The molecule has 0 saturated heterocycles. The number of aryl methyl sites for hydroxylation is 2. The fraction of sp³-hybridized carbons (Fsp3) is 0.643. The summed E-state index contributed by atoms with van der Waals surface area (Å²) in [4.78, 5) is 29.0. The van der Waals surface area contributed by atoms with Crippen molar-refractivity contribution in [1.82, 2.24) is 10.3 Å². The minimum atomic E-state index is -0.628. The van der Waals surface area contributed by atoms with E-state index in [9.17, 15) is 9.59 Å². The number of hydrogen-bond donors (Lipinski definition) is 2. The molecular formula is C14H21N3O2S. The highest BCUT2D eigenvalue weighted by atomic mass is 32.1. The minimum Gasteiger partial charge on any atom is -0.345 e. The molecule has 110 valence electrons. The molecule has 1 aliphatic rings. The molecule has 1 aliphatic carbocycles. The van der Waals surface area contributed by atoms with Crippen LogP contribution in [0.15, 0.2) is 0 Å². The van der Waals surface area contributed by atoms with E-state index in [0.717, 1.165) is 29.8 Å². The van der Waals surface area contributed by atoms with Gasteiger partial charge < -0.3 is 5.32 Å². The Morgan fingerprint density at radius 2 is 1.90 bits per heavy atom. The number of anilines is 1. The van der Waals surface area contributed by atoms with Gasteiger partial charge in [0.25, 0.3) is 0 Å². The van der Waals surface area contributed by atoms with Crippen LogP contribution in [-0.4, -0.2) is 22.8 Å². The predicted octanol–water partition coefficient (Wildman–Crippen LogP) is 2.39. The van der Waals surface area contributed by atoms with E-state index in [2.05, 4.69) is 22.5 Å². The molecule has 2 unspecified atom stereocenters. The second-order valence-corrected chi connectivity index (χ2v) is 6.66. The average molecular weight is 295 g/mol. The number of hydrogen-bond acceptors (Lipinski definition) is 4. The van der Waals surface area contributed by atoms with Gasteiger partial charge >= 0.3 is 11.8 Å². The van der Waals surface area contributed by atoms with Gasteiger partial charge in [-0.3, -0.25) is 14.9 Å². The Morgan fingerprint density at radius 3 is 2.50 bits per heavy atom. The van der Waals surface area contributed by atoms with Crippen molar-refractivity contribution in [3.05, 3.63) is 10.6 Å². The van der Waals surface area contributed by atoms with Gasteiger partial charge in [0.2, 0.25) is 0 Å². The van der Waals surface area contributed by atoms with Crippen molar-refractivity contribution in [3.63, 3.8) is 0 Å². The quantitative estimate of drug-likeness (QED) is 0.823. The Morgan fingerprint density at radius 1 is 1.20 bits per heavy atom. The summed E-state index contributed by atoms with van der Waals surface area (Å²) in [5.41, 5.74) is 0.881. The molecule has 5 nitrogen and oxygen atoms in total. The van der Waals surface area contributed by atoms with E-state index in [1.165, 1.54) is 17.8 Å². The average Bonchev–Trinajstić information content (AvgIpc) is 2.71. The third kappa shape index (κ3) is 3.56. The predicted molar refractivity (Wildman–Crippen MR) is 79.8 cm³/mol. The van der Waals surface area contributed by atoms with Crippen LogP contribution in [0.3, 0.4) is 0 Å². The van der Waals surface area contributed by atoms with Crippen molar-refractivity contribution < 1.29 is 9.59 Å². The van der Waals surface area contributed by atoms with Crippen LogP contribution in [-0.2, 0) is 9.59 Å². The number of carbonyl (C=O) groups excluding carboxylic acids is 2. The van der Waals surface area contributed by atoms with Crippen LogP contribution in [0.1, 0.15) is 43.2 Å². The van der Waals surface area contributed by atoms with Crippen LogP contribution in [0.2, 0.25) is 0 Å². The van der Waals surface area contributed by atoms with E-state index in [4.69, 9.17) is 0 Å². The van der Waals surface area contributed by atoms with Crippen molar-refractivity contribution in [1.29, 1.82) is 0 Å². The van der Waals surface area contributed by atoms with Gasteiger partial charge in [-0.2, -0.15) is 0 Å². The zero-order chi connectivity index (χ0) is 14.7. The maximum Gasteiger partial charge on any atom is 0.315 e. The molecule has 1 heterocycles. The summed E-state index contributed by atoms with van der Waals surface area (Å²) in [5, 5.41) is 5.88. The lowest BCUT2D eigenvalue weighted by atomic mass is 9.86. The maximum absolute atomic E-state index is 11.9. The Balaban J connectivity index is 1.90. The number of thiazole rings is 1. The molecule has 2 atom stereocenters. The van der Waals surface area contributed by atoms with E-state index in [1.54, 1.807) is 0 Å². The Hall–Kier alpha value is -1.43. The molecule has 1 aromatic heterocycles. The van der Waals surface area contributed by atoms with Crippen LogP contribution in [0, 0.1) is 19.8 Å². The lowest BCUT2D eigenvalue weighted by Crippen LogP contribution is -2.45. The minimum absolute atomic E-state index is 0.113. The topological polar surface area (TPSA) is 71.1 Å². The lowest BCUT2D eigenvalue weighted by molar-refractivity contribution is -0.137. The number of nitrogens with one attached hydrogen (secondary N) is 2. The zero-order valence-electron chi connectivity index (χ0n) is 12.2. The molecular weight excluding hydrogens is 274 g/mol. The van der Waals surface area contributed by atoms with Gasteiger partial charge in [-0.05, 0) is 32.6 Å². The molecule has 1 saturated carbocycles. The van der Waals surface area contributed by atoms with Gasteiger partial charge in [0.05, 0.1) is 5.69 Å². The molecule has 0 aliphatic heterocycles. The SMILES string of the molecule is Cc1nc(NC(=O)C(=O)NC2CCCCC2C)sc1C. The third-order valence-electron chi connectivity index (χ3n) is 3.88. The standard InChI is InChI=1S/C14H21N3O2S/c1-8-6-4-5-7-11(8)16-12(18)13(19)17-14-15-9(2)10(3)20-14/h8,11H,4-7H2,1-3H3,(H,16,18)(H,15,17,19). The summed E-state index contributed by atoms with van der Waals surface area (Å²) in [7, 11) is 0. The highest BCUT2D eigenvalue weighted by Gasteiger charge is 2.25. The third-order valence-corrected chi connectivity index (χ3v) is 4.87. The summed E-state index contributed by atoms with van der Waals surface area (Å²) < 4.78 is 0. The zero-order valence-corrected chi connectivity index (χ0v) is 13.0. The van der Waals surface area contributed by atoms with Crippen molar-refractivity contribution in [2.45, 2.75) is 52.5 Å². The van der Waals surface area contributed by atoms with Crippen molar-refractivity contribution in [2.24, 2.45) is 5.92 Å². The van der Waals surface area contributed by atoms with Gasteiger partial charge in [-0.1, -0.05) is 19.8 Å². The first-order chi connectivity index (χ1) is 9.47. The molecule has 2 rings (SSSR count). The molecule has 2 N–H and O–H groups in total. The van der Waals surface area contributed by atoms with Crippen LogP contribution < -0.4 is 10.6 Å². The normalized spacial score (nSPS) is 22.4. The summed E-state index contributed by atoms with van der Waals surface area (Å²) in [6, 6.07) is 0.113. The highest BCUT2D eigenvalue weighted by Crippen LogP contribution is 2.24. The fourth-order valence-electron chi connectivity index (χ4n) is 2.44. The first-order valence-corrected chi connectivity index (χ1v) is 7.85. The van der Waals surface area contributed by atoms with Crippen molar-refractivity contribution in [3.8, 4) is 0 Å². The van der Waals surface area contributed by atoms with E-state index in [1.807, 2.05) is 13.8 Å². The molecule has 0 bridgehead atoms. The fourth-order valence-corrected chi connectivity index (χ4v) is 3.25. The van der Waals surface area contributed by atoms with E-state index >= 15 is 0 Å². The molecule has 1 fully saturated rings. The van der Waals surface area contributed by atoms with Gasteiger partial charge in [0, 0.05) is 10.9 Å². The Bertz CT molecular complexity index is 493. The number of carbonyl (C=O) groups is 2.